The number of nitriles is 1. The molecule has 3 heteroatoms. The van der Waals surface area contributed by atoms with Crippen molar-refractivity contribution in [2.24, 2.45) is 5.41 Å². The van der Waals surface area contributed by atoms with Gasteiger partial charge in [-0.2, -0.15) is 5.26 Å². The highest BCUT2D eigenvalue weighted by atomic mass is 16.5. The number of rotatable bonds is 1. The highest BCUT2D eigenvalue weighted by Gasteiger charge is 2.40. The molecule has 0 fully saturated rings. The Morgan fingerprint density at radius 2 is 2.18 bits per heavy atom. The van der Waals surface area contributed by atoms with Gasteiger partial charge in [-0.15, -0.1) is 0 Å². The van der Waals surface area contributed by atoms with Gasteiger partial charge in [0.05, 0.1) is 13.2 Å². The molecule has 0 aromatic carbocycles. The minimum absolute atomic E-state index is 0.426. The van der Waals surface area contributed by atoms with E-state index in [2.05, 4.69) is 4.74 Å². The molecule has 1 rings (SSSR count). The first-order valence-corrected chi connectivity index (χ1v) is 3.40. The number of esters is 1. The third-order valence-corrected chi connectivity index (χ3v) is 1.89. The van der Waals surface area contributed by atoms with Crippen molar-refractivity contribution < 1.29 is 9.53 Å². The maximum atomic E-state index is 11.1. The van der Waals surface area contributed by atoms with Crippen molar-refractivity contribution in [1.29, 1.82) is 5.26 Å². The molecule has 0 aromatic rings. The fraction of sp³-hybridized carbons (Fsp3) is 0.500. The largest absolute Gasteiger partial charge is 0.468 e. The molecule has 0 atom stereocenters. The second kappa shape index (κ2) is 2.75. The van der Waals surface area contributed by atoms with Crippen LogP contribution in [0.15, 0.2) is 12.2 Å². The maximum Gasteiger partial charge on any atom is 0.326 e. The van der Waals surface area contributed by atoms with Gasteiger partial charge in [0.1, 0.15) is 0 Å². The van der Waals surface area contributed by atoms with Crippen molar-refractivity contribution in [2.45, 2.75) is 12.8 Å². The smallest absolute Gasteiger partial charge is 0.326 e. The summed E-state index contributed by atoms with van der Waals surface area (Å²) in [5.41, 5.74) is -0.922. The monoisotopic (exact) mass is 151 g/mol. The minimum atomic E-state index is -0.922. The Kier molecular flexibility index (Phi) is 1.95. The average Bonchev–Trinajstić information content (AvgIpc) is 2.52. The van der Waals surface area contributed by atoms with Crippen LogP contribution < -0.4 is 0 Å². The van der Waals surface area contributed by atoms with E-state index in [0.29, 0.717) is 12.8 Å². The highest BCUT2D eigenvalue weighted by molar-refractivity contribution is 5.81. The highest BCUT2D eigenvalue weighted by Crippen LogP contribution is 2.33. The molecular weight excluding hydrogens is 142 g/mol. The Labute approximate surface area is 65.3 Å². The number of hydrogen-bond acceptors (Lipinski definition) is 3. The average molecular weight is 151 g/mol. The van der Waals surface area contributed by atoms with Crippen LogP contribution in [0.3, 0.4) is 0 Å². The van der Waals surface area contributed by atoms with E-state index in [1.165, 1.54) is 7.11 Å². The van der Waals surface area contributed by atoms with Crippen LogP contribution in [-0.4, -0.2) is 13.1 Å². The van der Waals surface area contributed by atoms with Gasteiger partial charge in [0, 0.05) is 0 Å². The van der Waals surface area contributed by atoms with E-state index in [-0.39, 0.29) is 0 Å². The van der Waals surface area contributed by atoms with E-state index in [1.54, 1.807) is 0 Å². The molecule has 0 aliphatic heterocycles. The first-order valence-electron chi connectivity index (χ1n) is 3.40. The lowest BCUT2D eigenvalue weighted by molar-refractivity contribution is -0.148. The first kappa shape index (κ1) is 7.80. The summed E-state index contributed by atoms with van der Waals surface area (Å²) in [6, 6.07) is 1.99. The predicted octanol–water partition coefficient (Wildman–Crippen LogP) is 1.02. The SMILES string of the molecule is COC(=O)C1(C#N)CC=CC1. The number of carbonyl (C=O) groups excluding carboxylic acids is 1. The van der Waals surface area contributed by atoms with Gasteiger partial charge in [-0.25, -0.2) is 0 Å². The van der Waals surface area contributed by atoms with Crippen LogP contribution in [0.1, 0.15) is 12.8 Å². The Hall–Kier alpha value is -1.30. The molecule has 0 aromatic heterocycles. The van der Waals surface area contributed by atoms with Crippen LogP contribution in [0.2, 0.25) is 0 Å². The summed E-state index contributed by atoms with van der Waals surface area (Å²) in [7, 11) is 1.31. The number of nitrogens with zero attached hydrogens (tertiary/aromatic N) is 1. The van der Waals surface area contributed by atoms with Gasteiger partial charge in [-0.05, 0) is 12.8 Å². The van der Waals surface area contributed by atoms with Crippen LogP contribution in [0.4, 0.5) is 0 Å². The summed E-state index contributed by atoms with van der Waals surface area (Å²) >= 11 is 0. The van der Waals surface area contributed by atoms with Crippen LogP contribution in [0.5, 0.6) is 0 Å². The molecule has 3 nitrogen and oxygen atoms in total. The van der Waals surface area contributed by atoms with Crippen LogP contribution in [0, 0.1) is 16.7 Å². The zero-order valence-corrected chi connectivity index (χ0v) is 6.33. The standard InChI is InChI=1S/C8H9NO2/c1-11-7(10)8(6-9)4-2-3-5-8/h2-3H,4-5H2,1H3. The molecule has 58 valence electrons. The molecule has 1 aliphatic rings. The molecule has 0 bridgehead atoms. The Bertz CT molecular complexity index is 229. The van der Waals surface area contributed by atoms with E-state index in [0.717, 1.165) is 0 Å². The summed E-state index contributed by atoms with van der Waals surface area (Å²) in [6.45, 7) is 0. The second-order valence-electron chi connectivity index (χ2n) is 2.57. The molecule has 0 radical (unpaired) electrons. The van der Waals surface area contributed by atoms with Crippen LogP contribution in [0.25, 0.3) is 0 Å². The fourth-order valence-corrected chi connectivity index (χ4v) is 1.15. The van der Waals surface area contributed by atoms with Gasteiger partial charge in [0.2, 0.25) is 0 Å². The molecule has 0 saturated carbocycles. The summed E-state index contributed by atoms with van der Waals surface area (Å²) < 4.78 is 4.53. The fourth-order valence-electron chi connectivity index (χ4n) is 1.15. The van der Waals surface area contributed by atoms with Gasteiger partial charge in [0.25, 0.3) is 0 Å². The van der Waals surface area contributed by atoms with Crippen molar-refractivity contribution in [3.8, 4) is 6.07 Å². The lowest BCUT2D eigenvalue weighted by Gasteiger charge is -2.15. The molecule has 1 aliphatic carbocycles. The number of hydrogen-bond donors (Lipinski definition) is 0. The molecule has 0 amide bonds. The molecule has 0 N–H and O–H groups in total. The van der Waals surface area contributed by atoms with Gasteiger partial charge in [-0.1, -0.05) is 12.2 Å². The van der Waals surface area contributed by atoms with Gasteiger partial charge < -0.3 is 4.74 Å². The lowest BCUT2D eigenvalue weighted by Crippen LogP contribution is -2.27. The Morgan fingerprint density at radius 3 is 2.55 bits per heavy atom. The quantitative estimate of drug-likeness (QED) is 0.415. The van der Waals surface area contributed by atoms with E-state index < -0.39 is 11.4 Å². The molecule has 0 saturated heterocycles. The third kappa shape index (κ3) is 1.12. The topological polar surface area (TPSA) is 50.1 Å². The lowest BCUT2D eigenvalue weighted by atomic mass is 9.87. The summed E-state index contributed by atoms with van der Waals surface area (Å²) in [5.74, 6) is -0.426. The van der Waals surface area contributed by atoms with Crippen molar-refractivity contribution >= 4 is 5.97 Å². The molecule has 0 spiro atoms. The number of ether oxygens (including phenoxy) is 1. The third-order valence-electron chi connectivity index (χ3n) is 1.89. The van der Waals surface area contributed by atoms with E-state index in [9.17, 15) is 4.79 Å². The van der Waals surface area contributed by atoms with Gasteiger partial charge in [-0.3, -0.25) is 4.79 Å². The summed E-state index contributed by atoms with van der Waals surface area (Å²) in [6.07, 6.45) is 4.63. The minimum Gasteiger partial charge on any atom is -0.468 e. The molecular formula is C8H9NO2. The number of allylic oxidation sites excluding steroid dienone is 2. The Balaban J connectivity index is 2.79. The van der Waals surface area contributed by atoms with Crippen molar-refractivity contribution in [3.05, 3.63) is 12.2 Å². The van der Waals surface area contributed by atoms with E-state index >= 15 is 0 Å². The zero-order chi connectivity index (χ0) is 8.32. The normalized spacial score (nSPS) is 19.3. The maximum absolute atomic E-state index is 11.1. The molecule has 11 heavy (non-hydrogen) atoms. The van der Waals surface area contributed by atoms with Crippen LogP contribution >= 0.6 is 0 Å². The first-order chi connectivity index (χ1) is 5.25. The van der Waals surface area contributed by atoms with Crippen molar-refractivity contribution in [1.82, 2.24) is 0 Å². The number of methoxy groups -OCH3 is 1. The zero-order valence-electron chi connectivity index (χ0n) is 6.33. The summed E-state index contributed by atoms with van der Waals surface area (Å²) in [4.78, 5) is 11.1. The molecule has 0 heterocycles. The van der Waals surface area contributed by atoms with Crippen molar-refractivity contribution in [2.75, 3.05) is 7.11 Å². The number of carbonyl (C=O) groups is 1. The van der Waals surface area contributed by atoms with Crippen LogP contribution in [-0.2, 0) is 9.53 Å². The Morgan fingerprint density at radius 1 is 1.64 bits per heavy atom. The van der Waals surface area contributed by atoms with Gasteiger partial charge >= 0.3 is 5.97 Å². The van der Waals surface area contributed by atoms with Crippen molar-refractivity contribution in [3.63, 3.8) is 0 Å². The second-order valence-corrected chi connectivity index (χ2v) is 2.57. The van der Waals surface area contributed by atoms with E-state index in [4.69, 9.17) is 5.26 Å². The predicted molar refractivity (Wildman–Crippen MR) is 38.4 cm³/mol. The molecule has 0 unspecified atom stereocenters. The van der Waals surface area contributed by atoms with Gasteiger partial charge in [0.15, 0.2) is 5.41 Å². The van der Waals surface area contributed by atoms with E-state index in [1.807, 2.05) is 18.2 Å². The summed E-state index contributed by atoms with van der Waals surface area (Å²) in [5, 5.41) is 8.73.